The number of aromatic amines is 1. The Morgan fingerprint density at radius 1 is 1.08 bits per heavy atom. The van der Waals surface area contributed by atoms with Crippen LogP contribution in [0.5, 0.6) is 0 Å². The molecule has 3 aromatic heterocycles. The first-order chi connectivity index (χ1) is 23.6. The lowest BCUT2D eigenvalue weighted by atomic mass is 10.1. The Hall–Kier alpha value is -3.31. The minimum atomic E-state index is -5.22. The number of hydrogen-bond donors (Lipinski definition) is 3. The summed E-state index contributed by atoms with van der Waals surface area (Å²) in [5.74, 6) is -0.742. The zero-order valence-corrected chi connectivity index (χ0v) is 28.4. The third-order valence-electron chi connectivity index (χ3n) is 7.34. The van der Waals surface area contributed by atoms with Crippen molar-refractivity contribution in [2.75, 3.05) is 24.9 Å². The lowest BCUT2D eigenvalue weighted by Crippen LogP contribution is -2.38. The number of rotatable bonds is 6. The first kappa shape index (κ1) is 36.5. The maximum Gasteiger partial charge on any atom is 0.509 e. The highest BCUT2D eigenvalue weighted by Crippen LogP contribution is 2.64. The molecule has 0 aromatic carbocycles. The summed E-state index contributed by atoms with van der Waals surface area (Å²) in [4.78, 5) is 60.4. The minimum absolute atomic E-state index is 0.0253. The second-order valence-corrected chi connectivity index (χ2v) is 16.5. The standard InChI is InChI=1S/C24H29F2N7O14P2S/c1-10(2)43-24(36)40-9-50-49(39)42-6-12-17(14(25)22(45-12)33-8-30-16-19(27)28-7-29-20(16)33)46-48(37,38)41-5-11-18(47-49)15(26)21(44-11)32-4-3-13(34)31-23(32)35/h3-4,7-8,10-12,14-15,17-18,21-22H,5-6,9H2,1-2H3,(H,37,38)(H2,27,28,29)(H,31,34,35)/t11-,12-,14+,15+,17?,18+,21-,22-,49?/m1/s1. The van der Waals surface area contributed by atoms with Crippen LogP contribution in [-0.2, 0) is 46.2 Å². The molecule has 3 aliphatic heterocycles. The summed E-state index contributed by atoms with van der Waals surface area (Å²) in [6.07, 6.45) is -13.8. The van der Waals surface area contributed by atoms with Gasteiger partial charge in [0, 0.05) is 23.6 Å². The van der Waals surface area contributed by atoms with Crippen molar-refractivity contribution in [2.24, 2.45) is 0 Å². The van der Waals surface area contributed by atoms with Gasteiger partial charge in [-0.1, -0.05) is 0 Å². The quantitative estimate of drug-likeness (QED) is 0.183. The van der Waals surface area contributed by atoms with E-state index in [4.69, 9.17) is 42.8 Å². The molecule has 3 saturated heterocycles. The van der Waals surface area contributed by atoms with Crippen LogP contribution in [0.1, 0.15) is 26.3 Å². The Balaban J connectivity index is 1.31. The normalized spacial score (nSPS) is 34.8. The number of carbonyl (C=O) groups excluding carboxylic acids is 1. The van der Waals surface area contributed by atoms with Gasteiger partial charge in [-0.15, -0.1) is 0 Å². The van der Waals surface area contributed by atoms with E-state index in [0.29, 0.717) is 4.57 Å². The number of alkyl halides is 2. The Labute approximate surface area is 282 Å². The summed E-state index contributed by atoms with van der Waals surface area (Å²) in [7, 11) is -5.22. The largest absolute Gasteiger partial charge is 0.509 e. The number of halogens is 2. The third-order valence-corrected chi connectivity index (χ3v) is 11.7. The van der Waals surface area contributed by atoms with Gasteiger partial charge in [-0.2, -0.15) is 0 Å². The molecule has 10 atom stereocenters. The summed E-state index contributed by atoms with van der Waals surface area (Å²) < 4.78 is 104. The Morgan fingerprint density at radius 3 is 2.42 bits per heavy atom. The van der Waals surface area contributed by atoms with Crippen LogP contribution < -0.4 is 17.0 Å². The molecule has 0 saturated carbocycles. The Kier molecular flexibility index (Phi) is 10.5. The molecule has 6 rings (SSSR count). The highest BCUT2D eigenvalue weighted by atomic mass is 32.7. The van der Waals surface area contributed by atoms with Crippen molar-refractivity contribution < 1.29 is 64.6 Å². The van der Waals surface area contributed by atoms with Gasteiger partial charge in [-0.05, 0) is 13.8 Å². The van der Waals surface area contributed by atoms with Crippen LogP contribution in [-0.4, -0.2) is 102 Å². The maximum absolute atomic E-state index is 16.1. The molecule has 3 aliphatic rings. The first-order valence-electron chi connectivity index (χ1n) is 14.5. The van der Waals surface area contributed by atoms with Gasteiger partial charge < -0.3 is 29.6 Å². The van der Waals surface area contributed by atoms with Gasteiger partial charge in [-0.25, -0.2) is 42.5 Å². The van der Waals surface area contributed by atoms with E-state index in [1.807, 2.05) is 4.98 Å². The van der Waals surface area contributed by atoms with E-state index < -0.39 is 106 Å². The zero-order valence-electron chi connectivity index (χ0n) is 25.8. The van der Waals surface area contributed by atoms with E-state index in [0.717, 1.165) is 29.5 Å². The number of hydrogen-bond acceptors (Lipinski definition) is 18. The number of ether oxygens (including phenoxy) is 4. The van der Waals surface area contributed by atoms with Gasteiger partial charge in [-0.3, -0.25) is 37.0 Å². The van der Waals surface area contributed by atoms with Crippen LogP contribution in [0.4, 0.5) is 19.4 Å². The molecule has 50 heavy (non-hydrogen) atoms. The van der Waals surface area contributed by atoms with Crippen LogP contribution in [0.15, 0.2) is 34.5 Å². The van der Waals surface area contributed by atoms with Crippen LogP contribution >= 0.6 is 26.0 Å². The van der Waals surface area contributed by atoms with Crippen molar-refractivity contribution in [1.29, 1.82) is 0 Å². The van der Waals surface area contributed by atoms with Crippen molar-refractivity contribution in [1.82, 2.24) is 29.1 Å². The van der Waals surface area contributed by atoms with Crippen LogP contribution in [0, 0.1) is 0 Å². The predicted molar refractivity (Wildman–Crippen MR) is 163 cm³/mol. The number of nitrogen functional groups attached to an aromatic ring is 1. The summed E-state index contributed by atoms with van der Waals surface area (Å²) in [6.45, 7) is -3.47. The number of imidazole rings is 1. The molecule has 3 unspecified atom stereocenters. The summed E-state index contributed by atoms with van der Waals surface area (Å²) in [6, 6.07) is 0.904. The van der Waals surface area contributed by atoms with Crippen LogP contribution in [0.2, 0.25) is 0 Å². The topological polar surface area (TPSA) is 270 Å². The number of phosphoric acid groups is 1. The van der Waals surface area contributed by atoms with E-state index in [9.17, 15) is 28.4 Å². The van der Waals surface area contributed by atoms with Gasteiger partial charge in [0.25, 0.3) is 5.56 Å². The second kappa shape index (κ2) is 14.4. The minimum Gasteiger partial charge on any atom is -0.432 e. The van der Waals surface area contributed by atoms with E-state index in [-0.39, 0.29) is 28.4 Å². The van der Waals surface area contributed by atoms with Crippen LogP contribution in [0.3, 0.4) is 0 Å². The molecule has 6 heterocycles. The van der Waals surface area contributed by atoms with Crippen molar-refractivity contribution in [3.05, 3.63) is 45.8 Å². The van der Waals surface area contributed by atoms with Gasteiger partial charge in [0.2, 0.25) is 0 Å². The van der Waals surface area contributed by atoms with Crippen molar-refractivity contribution >= 4 is 49.1 Å². The molecule has 0 spiro atoms. The van der Waals surface area contributed by atoms with Crippen molar-refractivity contribution in [3.63, 3.8) is 0 Å². The zero-order chi connectivity index (χ0) is 36.0. The molecule has 0 radical (unpaired) electrons. The summed E-state index contributed by atoms with van der Waals surface area (Å²) in [5, 5.41) is 0. The monoisotopic (exact) mass is 771 g/mol. The van der Waals surface area contributed by atoms with E-state index in [1.54, 1.807) is 13.8 Å². The fourth-order valence-corrected chi connectivity index (χ4v) is 8.91. The fraction of sp³-hybridized carbons (Fsp3) is 0.583. The summed E-state index contributed by atoms with van der Waals surface area (Å²) in [5.41, 5.74) is 4.09. The molecular formula is C24H29F2N7O14P2S. The predicted octanol–water partition coefficient (Wildman–Crippen LogP) is 1.71. The second-order valence-electron chi connectivity index (χ2n) is 11.1. The van der Waals surface area contributed by atoms with Crippen LogP contribution in [0.25, 0.3) is 11.2 Å². The number of carbonyl (C=O) groups is 1. The number of anilines is 1. The van der Waals surface area contributed by atoms with Gasteiger partial charge in [0.15, 0.2) is 42.2 Å². The molecule has 274 valence electrons. The lowest BCUT2D eigenvalue weighted by molar-refractivity contribution is -0.0619. The maximum atomic E-state index is 16.1. The molecular weight excluding hydrogens is 742 g/mol. The van der Waals surface area contributed by atoms with Gasteiger partial charge >= 0.3 is 26.5 Å². The average Bonchev–Trinajstić information content (AvgIpc) is 3.69. The van der Waals surface area contributed by atoms with Gasteiger partial charge in [0.05, 0.1) is 25.6 Å². The number of H-pyrrole nitrogens is 1. The first-order valence-corrected chi connectivity index (χ1v) is 19.2. The lowest BCUT2D eigenvalue weighted by Gasteiger charge is -2.29. The average molecular weight is 772 g/mol. The third kappa shape index (κ3) is 7.64. The molecule has 3 fully saturated rings. The van der Waals surface area contributed by atoms with E-state index in [2.05, 4.69) is 15.0 Å². The number of fused-ring (bicyclic) bond motifs is 3. The SMILES string of the molecule is CC(C)OC(=O)OCSP1(=O)OC[C@H]2O[C@@H](n3cnc4c(N)ncnc43)[C@@H](F)C2OP(=O)(O)OC[C@H]2O[C@@H](n3ccc(=O)[nH]c3=O)[C@@H](F)[C@H]2O1. The highest BCUT2D eigenvalue weighted by Gasteiger charge is 2.55. The van der Waals surface area contributed by atoms with Gasteiger partial charge in [0.1, 0.15) is 36.3 Å². The molecule has 26 heteroatoms. The number of phosphoric ester groups is 1. The molecule has 0 aliphatic carbocycles. The number of aromatic nitrogens is 6. The molecule has 3 aromatic rings. The Bertz CT molecular complexity index is 1950. The summed E-state index contributed by atoms with van der Waals surface area (Å²) >= 11 is 0.264. The molecule has 0 bridgehead atoms. The highest BCUT2D eigenvalue weighted by molar-refractivity contribution is 8.55. The molecule has 4 N–H and O–H groups in total. The van der Waals surface area contributed by atoms with E-state index in [1.165, 1.54) is 0 Å². The number of nitrogens with one attached hydrogen (secondary N) is 1. The number of nitrogens with zero attached hydrogens (tertiary/aromatic N) is 5. The fourth-order valence-electron chi connectivity index (χ4n) is 5.17. The Morgan fingerprint density at radius 2 is 1.74 bits per heavy atom. The smallest absolute Gasteiger partial charge is 0.432 e. The van der Waals surface area contributed by atoms with E-state index >= 15 is 8.78 Å². The van der Waals surface area contributed by atoms with Crippen molar-refractivity contribution in [2.45, 2.75) is 69.2 Å². The number of nitrogens with two attached hydrogens (primary N) is 1. The molecule has 0 amide bonds. The van der Waals surface area contributed by atoms with Crippen molar-refractivity contribution in [3.8, 4) is 0 Å². The molecule has 21 nitrogen and oxygen atoms in total.